The smallest absolute Gasteiger partial charge is 0.402 e. The first-order chi connectivity index (χ1) is 6.29. The molecule has 1 rings (SSSR count). The molecule has 0 N–H and O–H groups in total. The molecule has 8 heteroatoms. The quantitative estimate of drug-likeness (QED) is 0.550. The van der Waals surface area contributed by atoms with Crippen LogP contribution in [-0.4, -0.2) is 11.3 Å². The Morgan fingerprint density at radius 1 is 1.29 bits per heavy atom. The molecule has 0 saturated heterocycles. The third-order valence-electron chi connectivity index (χ3n) is 1.08. The zero-order chi connectivity index (χ0) is 10.9. The summed E-state index contributed by atoms with van der Waals surface area (Å²) in [6.07, 6.45) is -5.11. The molecule has 0 fully saturated rings. The first-order valence-electron chi connectivity index (χ1n) is 3.07. The number of ether oxygens (including phenoxy) is 1. The maximum Gasteiger partial charge on any atom is 0.573 e. The molecule has 78 valence electrons. The van der Waals surface area contributed by atoms with Crippen molar-refractivity contribution < 1.29 is 26.7 Å². The molecule has 0 aromatic carbocycles. The molecule has 0 radical (unpaired) electrons. The van der Waals surface area contributed by atoms with Crippen LogP contribution in [0.1, 0.15) is 0 Å². The van der Waals surface area contributed by atoms with E-state index in [-0.39, 0.29) is 6.07 Å². The average Bonchev–Trinajstić information content (AvgIpc) is 1.96. The maximum absolute atomic E-state index is 12.7. The van der Waals surface area contributed by atoms with E-state index in [1.54, 1.807) is 0 Å². The highest BCUT2D eigenvalue weighted by molar-refractivity contribution is 6.29. The second kappa shape index (κ2) is 3.56. The van der Waals surface area contributed by atoms with Gasteiger partial charge in [-0.25, -0.2) is 4.98 Å². The molecule has 1 aromatic rings. The van der Waals surface area contributed by atoms with Crippen LogP contribution in [0.2, 0.25) is 5.15 Å². The second-order valence-corrected chi connectivity index (χ2v) is 2.45. The van der Waals surface area contributed by atoms with E-state index in [0.29, 0.717) is 0 Å². The predicted molar refractivity (Wildman–Crippen MR) is 35.8 cm³/mol. The van der Waals surface area contributed by atoms with E-state index in [0.717, 1.165) is 0 Å². The first kappa shape index (κ1) is 11.0. The van der Waals surface area contributed by atoms with Crippen molar-refractivity contribution in [2.75, 3.05) is 0 Å². The summed E-state index contributed by atoms with van der Waals surface area (Å²) in [6.45, 7) is 0. The molecule has 0 amide bonds. The summed E-state index contributed by atoms with van der Waals surface area (Å²) < 4.78 is 63.1. The number of nitrogens with zero attached hydrogens (tertiary/aromatic N) is 1. The summed E-state index contributed by atoms with van der Waals surface area (Å²) in [5.74, 6) is -4.28. The molecule has 0 unspecified atom stereocenters. The third-order valence-corrected chi connectivity index (χ3v) is 1.33. The van der Waals surface area contributed by atoms with Crippen LogP contribution in [-0.2, 0) is 0 Å². The zero-order valence-corrected chi connectivity index (χ0v) is 6.96. The summed E-state index contributed by atoms with van der Waals surface area (Å²) in [4.78, 5) is 2.74. The molecule has 0 bridgehead atoms. The number of pyridine rings is 1. The van der Waals surface area contributed by atoms with Gasteiger partial charge < -0.3 is 4.74 Å². The van der Waals surface area contributed by atoms with Gasteiger partial charge in [0.1, 0.15) is 0 Å². The van der Waals surface area contributed by atoms with Crippen LogP contribution in [0.25, 0.3) is 0 Å². The highest BCUT2D eigenvalue weighted by Gasteiger charge is 2.33. The lowest BCUT2D eigenvalue weighted by molar-refractivity contribution is -0.275. The predicted octanol–water partition coefficient (Wildman–Crippen LogP) is 2.91. The van der Waals surface area contributed by atoms with Crippen molar-refractivity contribution in [1.82, 2.24) is 4.98 Å². The van der Waals surface area contributed by atoms with Gasteiger partial charge in [0, 0.05) is 6.07 Å². The van der Waals surface area contributed by atoms with Gasteiger partial charge in [-0.3, -0.25) is 0 Å². The van der Waals surface area contributed by atoms with Crippen LogP contribution in [0.4, 0.5) is 22.0 Å². The summed E-state index contributed by atoms with van der Waals surface area (Å²) in [6, 6.07) is 0.148. The van der Waals surface area contributed by atoms with Crippen molar-refractivity contribution >= 4 is 11.6 Å². The molecule has 1 aromatic heterocycles. The standard InChI is InChI=1S/C6HClF5NO/c7-5-4(9)2(1-3(8)13-5)14-6(10,11)12/h1H. The highest BCUT2D eigenvalue weighted by atomic mass is 35.5. The van der Waals surface area contributed by atoms with E-state index in [4.69, 9.17) is 11.6 Å². The van der Waals surface area contributed by atoms with Crippen LogP contribution in [0.5, 0.6) is 5.75 Å². The molecule has 2 nitrogen and oxygen atoms in total. The Morgan fingerprint density at radius 2 is 1.86 bits per heavy atom. The van der Waals surface area contributed by atoms with Gasteiger partial charge in [-0.1, -0.05) is 11.6 Å². The minimum atomic E-state index is -5.11. The van der Waals surface area contributed by atoms with Crippen LogP contribution in [0, 0.1) is 11.8 Å². The Balaban J connectivity index is 3.09. The first-order valence-corrected chi connectivity index (χ1v) is 3.44. The number of rotatable bonds is 1. The van der Waals surface area contributed by atoms with Gasteiger partial charge in [-0.2, -0.15) is 8.78 Å². The Labute approximate surface area is 79.3 Å². The number of hydrogen-bond donors (Lipinski definition) is 0. The van der Waals surface area contributed by atoms with Crippen molar-refractivity contribution in [3.05, 3.63) is 23.0 Å². The third kappa shape index (κ3) is 2.69. The summed E-state index contributed by atoms with van der Waals surface area (Å²) >= 11 is 4.97. The normalized spacial score (nSPS) is 11.6. The minimum Gasteiger partial charge on any atom is -0.402 e. The van der Waals surface area contributed by atoms with E-state index < -0.39 is 29.0 Å². The van der Waals surface area contributed by atoms with Gasteiger partial charge in [0.15, 0.2) is 10.9 Å². The topological polar surface area (TPSA) is 22.1 Å². The van der Waals surface area contributed by atoms with Crippen LogP contribution < -0.4 is 4.74 Å². The molecule has 0 saturated carbocycles. The van der Waals surface area contributed by atoms with Crippen molar-refractivity contribution in [1.29, 1.82) is 0 Å². The Kier molecular flexibility index (Phi) is 2.79. The Morgan fingerprint density at radius 3 is 2.36 bits per heavy atom. The van der Waals surface area contributed by atoms with Gasteiger partial charge in [-0.15, -0.1) is 13.2 Å². The Bertz CT molecular complexity index is 353. The monoisotopic (exact) mass is 233 g/mol. The number of aromatic nitrogens is 1. The van der Waals surface area contributed by atoms with Crippen LogP contribution >= 0.6 is 11.6 Å². The Hall–Kier alpha value is -1.11. The van der Waals surface area contributed by atoms with E-state index in [9.17, 15) is 22.0 Å². The summed E-state index contributed by atoms with van der Waals surface area (Å²) in [5.41, 5.74) is 0. The highest BCUT2D eigenvalue weighted by Crippen LogP contribution is 2.28. The fraction of sp³-hybridized carbons (Fsp3) is 0.167. The van der Waals surface area contributed by atoms with E-state index in [1.165, 1.54) is 0 Å². The SMILES string of the molecule is Fc1cc(OC(F)(F)F)c(F)c(Cl)n1. The molecule has 14 heavy (non-hydrogen) atoms. The number of halogens is 6. The fourth-order valence-electron chi connectivity index (χ4n) is 0.647. The van der Waals surface area contributed by atoms with Gasteiger partial charge in [0.2, 0.25) is 11.8 Å². The molecular formula is C6HClF5NO. The van der Waals surface area contributed by atoms with E-state index in [2.05, 4.69) is 9.72 Å². The van der Waals surface area contributed by atoms with Crippen LogP contribution in [0.3, 0.4) is 0 Å². The second-order valence-electron chi connectivity index (χ2n) is 2.10. The van der Waals surface area contributed by atoms with Gasteiger partial charge in [0.05, 0.1) is 0 Å². The van der Waals surface area contributed by atoms with Gasteiger partial charge >= 0.3 is 6.36 Å². The largest absolute Gasteiger partial charge is 0.573 e. The maximum atomic E-state index is 12.7. The zero-order valence-electron chi connectivity index (χ0n) is 6.20. The molecule has 0 aliphatic carbocycles. The van der Waals surface area contributed by atoms with Crippen molar-refractivity contribution in [3.8, 4) is 5.75 Å². The number of hydrogen-bond acceptors (Lipinski definition) is 2. The fourth-order valence-corrected chi connectivity index (χ4v) is 0.821. The number of alkyl halides is 3. The lowest BCUT2D eigenvalue weighted by Crippen LogP contribution is -2.18. The minimum absolute atomic E-state index is 0.148. The molecule has 0 aliphatic heterocycles. The average molecular weight is 234 g/mol. The van der Waals surface area contributed by atoms with Crippen LogP contribution in [0.15, 0.2) is 6.07 Å². The van der Waals surface area contributed by atoms with Gasteiger partial charge in [-0.05, 0) is 0 Å². The molecular weight excluding hydrogens is 233 g/mol. The van der Waals surface area contributed by atoms with Gasteiger partial charge in [0.25, 0.3) is 0 Å². The lowest BCUT2D eigenvalue weighted by atomic mass is 10.4. The lowest BCUT2D eigenvalue weighted by Gasteiger charge is -2.09. The van der Waals surface area contributed by atoms with Crippen molar-refractivity contribution in [3.63, 3.8) is 0 Å². The van der Waals surface area contributed by atoms with Crippen molar-refractivity contribution in [2.24, 2.45) is 0 Å². The van der Waals surface area contributed by atoms with Crippen molar-refractivity contribution in [2.45, 2.75) is 6.36 Å². The molecule has 1 heterocycles. The summed E-state index contributed by atoms with van der Waals surface area (Å²) in [5, 5.41) is -1.02. The summed E-state index contributed by atoms with van der Waals surface area (Å²) in [7, 11) is 0. The molecule has 0 aliphatic rings. The van der Waals surface area contributed by atoms with E-state index in [1.807, 2.05) is 0 Å². The van der Waals surface area contributed by atoms with E-state index >= 15 is 0 Å². The molecule has 0 atom stereocenters. The molecule has 0 spiro atoms.